The number of nitrogens with one attached hydrogen (secondary N) is 1. The van der Waals surface area contributed by atoms with E-state index in [-0.39, 0.29) is 24.0 Å². The van der Waals surface area contributed by atoms with E-state index in [0.717, 1.165) is 0 Å². The van der Waals surface area contributed by atoms with Gasteiger partial charge in [0, 0.05) is 6.04 Å². The van der Waals surface area contributed by atoms with Crippen LogP contribution in [0, 0.1) is 5.92 Å². The van der Waals surface area contributed by atoms with Crippen molar-refractivity contribution in [1.29, 1.82) is 0 Å². The van der Waals surface area contributed by atoms with E-state index in [1.54, 1.807) is 6.08 Å². The standard InChI is InChI=1S/C11H21NO2/c1-6-7-14-10(8(2)3)11(13)12-9(4)5/h6,8-10H,1,7H2,2-5H3,(H,12,13). The summed E-state index contributed by atoms with van der Waals surface area (Å²) < 4.78 is 5.39. The summed E-state index contributed by atoms with van der Waals surface area (Å²) in [5.41, 5.74) is 0. The van der Waals surface area contributed by atoms with Gasteiger partial charge in [-0.05, 0) is 19.8 Å². The molecule has 14 heavy (non-hydrogen) atoms. The quantitative estimate of drug-likeness (QED) is 0.662. The third-order valence-corrected chi connectivity index (χ3v) is 1.69. The summed E-state index contributed by atoms with van der Waals surface area (Å²) in [6, 6.07) is 0.149. The largest absolute Gasteiger partial charge is 0.364 e. The smallest absolute Gasteiger partial charge is 0.249 e. The first-order valence-corrected chi connectivity index (χ1v) is 5.02. The molecule has 0 radical (unpaired) electrons. The molecule has 1 atom stereocenters. The summed E-state index contributed by atoms with van der Waals surface area (Å²) in [7, 11) is 0. The van der Waals surface area contributed by atoms with Crippen LogP contribution in [0.15, 0.2) is 12.7 Å². The molecule has 82 valence electrons. The van der Waals surface area contributed by atoms with Gasteiger partial charge in [-0.1, -0.05) is 19.9 Å². The molecule has 1 unspecified atom stereocenters. The molecule has 0 saturated carbocycles. The number of carbonyl (C=O) groups is 1. The van der Waals surface area contributed by atoms with Gasteiger partial charge in [0.2, 0.25) is 5.91 Å². The number of amides is 1. The maximum Gasteiger partial charge on any atom is 0.249 e. The summed E-state index contributed by atoms with van der Waals surface area (Å²) in [6.07, 6.45) is 1.27. The number of hydrogen-bond donors (Lipinski definition) is 1. The van der Waals surface area contributed by atoms with Crippen molar-refractivity contribution in [2.45, 2.75) is 39.8 Å². The number of ether oxygens (including phenoxy) is 1. The summed E-state index contributed by atoms with van der Waals surface area (Å²) >= 11 is 0. The Morgan fingerprint density at radius 2 is 2.00 bits per heavy atom. The maximum absolute atomic E-state index is 11.6. The summed E-state index contributed by atoms with van der Waals surface area (Å²) in [6.45, 7) is 11.8. The lowest BCUT2D eigenvalue weighted by molar-refractivity contribution is -0.135. The Labute approximate surface area is 86.5 Å². The molecule has 0 saturated heterocycles. The van der Waals surface area contributed by atoms with Crippen molar-refractivity contribution in [1.82, 2.24) is 5.32 Å². The minimum atomic E-state index is -0.379. The fourth-order valence-corrected chi connectivity index (χ4v) is 1.11. The van der Waals surface area contributed by atoms with E-state index in [4.69, 9.17) is 4.74 Å². The highest BCUT2D eigenvalue weighted by atomic mass is 16.5. The normalized spacial score (nSPS) is 13.0. The van der Waals surface area contributed by atoms with Gasteiger partial charge < -0.3 is 10.1 Å². The van der Waals surface area contributed by atoms with E-state index < -0.39 is 0 Å². The molecule has 1 amide bonds. The van der Waals surface area contributed by atoms with E-state index >= 15 is 0 Å². The monoisotopic (exact) mass is 199 g/mol. The van der Waals surface area contributed by atoms with Crippen LogP contribution in [0.25, 0.3) is 0 Å². The van der Waals surface area contributed by atoms with Gasteiger partial charge in [0.1, 0.15) is 6.10 Å². The van der Waals surface area contributed by atoms with Gasteiger partial charge in [-0.15, -0.1) is 6.58 Å². The second-order valence-electron chi connectivity index (χ2n) is 3.95. The highest BCUT2D eigenvalue weighted by Gasteiger charge is 2.22. The van der Waals surface area contributed by atoms with Crippen LogP contribution in [0.2, 0.25) is 0 Å². The lowest BCUT2D eigenvalue weighted by Crippen LogP contribution is -2.42. The lowest BCUT2D eigenvalue weighted by Gasteiger charge is -2.21. The zero-order chi connectivity index (χ0) is 11.1. The number of rotatable bonds is 6. The third-order valence-electron chi connectivity index (χ3n) is 1.69. The first-order valence-electron chi connectivity index (χ1n) is 5.02. The van der Waals surface area contributed by atoms with Crippen LogP contribution >= 0.6 is 0 Å². The van der Waals surface area contributed by atoms with Gasteiger partial charge in [-0.3, -0.25) is 4.79 Å². The molecule has 0 aliphatic rings. The van der Waals surface area contributed by atoms with Crippen LogP contribution in [0.1, 0.15) is 27.7 Å². The van der Waals surface area contributed by atoms with Gasteiger partial charge in [-0.2, -0.15) is 0 Å². The predicted octanol–water partition coefficient (Wildman–Crippen LogP) is 1.74. The summed E-state index contributed by atoms with van der Waals surface area (Å²) in [5, 5.41) is 2.83. The van der Waals surface area contributed by atoms with Crippen LogP contribution < -0.4 is 5.32 Å². The Hall–Kier alpha value is -0.830. The van der Waals surface area contributed by atoms with Crippen molar-refractivity contribution in [3.05, 3.63) is 12.7 Å². The van der Waals surface area contributed by atoms with Crippen molar-refractivity contribution in [2.75, 3.05) is 6.61 Å². The highest BCUT2D eigenvalue weighted by Crippen LogP contribution is 2.07. The fraction of sp³-hybridized carbons (Fsp3) is 0.727. The minimum Gasteiger partial charge on any atom is -0.364 e. The molecular weight excluding hydrogens is 178 g/mol. The molecule has 0 aromatic carbocycles. The first-order chi connectivity index (χ1) is 6.49. The fourth-order valence-electron chi connectivity index (χ4n) is 1.11. The molecular formula is C11H21NO2. The van der Waals surface area contributed by atoms with E-state index in [0.29, 0.717) is 6.61 Å². The molecule has 3 heteroatoms. The Morgan fingerprint density at radius 1 is 1.43 bits per heavy atom. The second kappa shape index (κ2) is 6.60. The average Bonchev–Trinajstić information content (AvgIpc) is 2.02. The summed E-state index contributed by atoms with van der Waals surface area (Å²) in [4.78, 5) is 11.6. The number of carbonyl (C=O) groups excluding carboxylic acids is 1. The molecule has 1 N–H and O–H groups in total. The maximum atomic E-state index is 11.6. The topological polar surface area (TPSA) is 38.3 Å². The van der Waals surface area contributed by atoms with E-state index in [1.807, 2.05) is 27.7 Å². The van der Waals surface area contributed by atoms with Crippen LogP contribution in [0.3, 0.4) is 0 Å². The first kappa shape index (κ1) is 13.2. The molecule has 0 rings (SSSR count). The molecule has 3 nitrogen and oxygen atoms in total. The van der Waals surface area contributed by atoms with E-state index in [9.17, 15) is 4.79 Å². The third kappa shape index (κ3) is 5.02. The molecule has 0 aliphatic carbocycles. The van der Waals surface area contributed by atoms with Crippen LogP contribution in [0.4, 0.5) is 0 Å². The molecule has 0 aromatic heterocycles. The van der Waals surface area contributed by atoms with Gasteiger partial charge in [-0.25, -0.2) is 0 Å². The van der Waals surface area contributed by atoms with Gasteiger partial charge in [0.05, 0.1) is 6.61 Å². The molecule has 0 heterocycles. The van der Waals surface area contributed by atoms with Crippen molar-refractivity contribution >= 4 is 5.91 Å². The predicted molar refractivity (Wildman–Crippen MR) is 58.1 cm³/mol. The van der Waals surface area contributed by atoms with Crippen molar-refractivity contribution in [3.63, 3.8) is 0 Å². The van der Waals surface area contributed by atoms with E-state index in [2.05, 4.69) is 11.9 Å². The Morgan fingerprint density at radius 3 is 2.36 bits per heavy atom. The number of hydrogen-bond acceptors (Lipinski definition) is 2. The van der Waals surface area contributed by atoms with Crippen molar-refractivity contribution < 1.29 is 9.53 Å². The van der Waals surface area contributed by atoms with Gasteiger partial charge in [0.15, 0.2) is 0 Å². The Balaban J connectivity index is 4.18. The molecule has 0 aromatic rings. The Kier molecular flexibility index (Phi) is 6.21. The molecule has 0 fully saturated rings. The van der Waals surface area contributed by atoms with Crippen LogP contribution in [0.5, 0.6) is 0 Å². The van der Waals surface area contributed by atoms with Crippen molar-refractivity contribution in [3.8, 4) is 0 Å². The van der Waals surface area contributed by atoms with Gasteiger partial charge >= 0.3 is 0 Å². The minimum absolute atomic E-state index is 0.0446. The average molecular weight is 199 g/mol. The van der Waals surface area contributed by atoms with E-state index in [1.165, 1.54) is 0 Å². The SMILES string of the molecule is C=CCOC(C(=O)NC(C)C)C(C)C. The van der Waals surface area contributed by atoms with Crippen LogP contribution in [-0.4, -0.2) is 24.7 Å². The molecule has 0 bridgehead atoms. The molecule has 0 spiro atoms. The van der Waals surface area contributed by atoms with Crippen LogP contribution in [-0.2, 0) is 9.53 Å². The van der Waals surface area contributed by atoms with Crippen molar-refractivity contribution in [2.24, 2.45) is 5.92 Å². The lowest BCUT2D eigenvalue weighted by atomic mass is 10.1. The highest BCUT2D eigenvalue weighted by molar-refractivity contribution is 5.81. The van der Waals surface area contributed by atoms with Gasteiger partial charge in [0.25, 0.3) is 0 Å². The second-order valence-corrected chi connectivity index (χ2v) is 3.95. The molecule has 0 aliphatic heterocycles. The summed E-state index contributed by atoms with van der Waals surface area (Å²) in [5.74, 6) is 0.130. The zero-order valence-electron chi connectivity index (χ0n) is 9.54. The zero-order valence-corrected chi connectivity index (χ0v) is 9.54. The Bertz CT molecular complexity index is 188.